The average Bonchev–Trinajstić information content (AvgIpc) is 2.44. The third-order valence-electron chi connectivity index (χ3n) is 3.20. The lowest BCUT2D eigenvalue weighted by molar-refractivity contribution is 0.0343. The van der Waals surface area contributed by atoms with E-state index in [1.807, 2.05) is 0 Å². The fourth-order valence-corrected chi connectivity index (χ4v) is 2.45. The van der Waals surface area contributed by atoms with E-state index in [2.05, 4.69) is 26.6 Å². The molecule has 110 valence electrons. The van der Waals surface area contributed by atoms with Crippen molar-refractivity contribution in [2.45, 2.75) is 18.9 Å². The van der Waals surface area contributed by atoms with Gasteiger partial charge in [0.05, 0.1) is 18.3 Å². The molecule has 4 nitrogen and oxygen atoms in total. The van der Waals surface area contributed by atoms with Crippen molar-refractivity contribution < 1.29 is 13.9 Å². The third kappa shape index (κ3) is 4.54. The quantitative estimate of drug-likeness (QED) is 0.804. The number of amides is 1. The lowest BCUT2D eigenvalue weighted by Crippen LogP contribution is -2.35. The molecule has 0 radical (unpaired) electrons. The van der Waals surface area contributed by atoms with Crippen LogP contribution in [0.3, 0.4) is 0 Å². The molecule has 0 unspecified atom stereocenters. The van der Waals surface area contributed by atoms with Gasteiger partial charge in [-0.3, -0.25) is 4.79 Å². The van der Waals surface area contributed by atoms with E-state index in [0.29, 0.717) is 17.6 Å². The zero-order chi connectivity index (χ0) is 14.4. The van der Waals surface area contributed by atoms with Gasteiger partial charge in [0.1, 0.15) is 5.82 Å². The van der Waals surface area contributed by atoms with Gasteiger partial charge in [-0.15, -0.1) is 0 Å². The van der Waals surface area contributed by atoms with E-state index in [1.54, 1.807) is 6.07 Å². The zero-order valence-electron chi connectivity index (χ0n) is 11.1. The predicted molar refractivity (Wildman–Crippen MR) is 78.3 cm³/mol. The minimum absolute atomic E-state index is 0.0510. The van der Waals surface area contributed by atoms with E-state index in [0.717, 1.165) is 25.9 Å². The molecule has 0 aromatic heterocycles. The van der Waals surface area contributed by atoms with Crippen molar-refractivity contribution in [2.75, 3.05) is 26.2 Å². The molecule has 1 aromatic rings. The van der Waals surface area contributed by atoms with Gasteiger partial charge in [-0.25, -0.2) is 4.39 Å². The Morgan fingerprint density at radius 3 is 2.90 bits per heavy atom. The Balaban J connectivity index is 1.72. The van der Waals surface area contributed by atoms with E-state index in [1.165, 1.54) is 12.1 Å². The van der Waals surface area contributed by atoms with E-state index < -0.39 is 11.7 Å². The highest BCUT2D eigenvalue weighted by Crippen LogP contribution is 2.15. The predicted octanol–water partition coefficient (Wildman–Crippen LogP) is 2.09. The number of carbonyl (C=O) groups is 1. The molecule has 0 spiro atoms. The Kier molecular flexibility index (Phi) is 5.94. The van der Waals surface area contributed by atoms with Gasteiger partial charge >= 0.3 is 0 Å². The third-order valence-corrected chi connectivity index (χ3v) is 3.70. The second-order valence-electron chi connectivity index (χ2n) is 4.70. The summed E-state index contributed by atoms with van der Waals surface area (Å²) in [7, 11) is 0. The van der Waals surface area contributed by atoms with Gasteiger partial charge in [0.25, 0.3) is 5.91 Å². The Morgan fingerprint density at radius 1 is 1.45 bits per heavy atom. The fraction of sp³-hybridized carbons (Fsp3) is 0.500. The van der Waals surface area contributed by atoms with Crippen LogP contribution in [-0.2, 0) is 4.74 Å². The Morgan fingerprint density at radius 2 is 2.20 bits per heavy atom. The van der Waals surface area contributed by atoms with Gasteiger partial charge in [0, 0.05) is 11.0 Å². The number of piperidine rings is 1. The first-order valence-corrected chi connectivity index (χ1v) is 7.51. The van der Waals surface area contributed by atoms with Crippen LogP contribution in [0.15, 0.2) is 22.7 Å². The first kappa shape index (κ1) is 15.4. The highest BCUT2D eigenvalue weighted by molar-refractivity contribution is 9.10. The molecule has 0 bridgehead atoms. The van der Waals surface area contributed by atoms with Crippen LogP contribution in [0.25, 0.3) is 0 Å². The van der Waals surface area contributed by atoms with Crippen molar-refractivity contribution in [3.05, 3.63) is 34.1 Å². The van der Waals surface area contributed by atoms with Crippen molar-refractivity contribution in [1.29, 1.82) is 0 Å². The van der Waals surface area contributed by atoms with Gasteiger partial charge in [-0.1, -0.05) is 15.9 Å². The highest BCUT2D eigenvalue weighted by Gasteiger charge is 2.14. The van der Waals surface area contributed by atoms with E-state index in [9.17, 15) is 9.18 Å². The Bertz CT molecular complexity index is 464. The van der Waals surface area contributed by atoms with Crippen molar-refractivity contribution in [3.63, 3.8) is 0 Å². The van der Waals surface area contributed by atoms with Crippen molar-refractivity contribution in [1.82, 2.24) is 10.6 Å². The van der Waals surface area contributed by atoms with Crippen LogP contribution in [0.1, 0.15) is 23.2 Å². The maximum Gasteiger partial charge on any atom is 0.254 e. The van der Waals surface area contributed by atoms with Gasteiger partial charge in [0.15, 0.2) is 0 Å². The van der Waals surface area contributed by atoms with Gasteiger partial charge in [-0.05, 0) is 44.1 Å². The summed E-state index contributed by atoms with van der Waals surface area (Å²) >= 11 is 3.16. The molecule has 1 heterocycles. The molecule has 6 heteroatoms. The monoisotopic (exact) mass is 344 g/mol. The lowest BCUT2D eigenvalue weighted by Gasteiger charge is -2.22. The van der Waals surface area contributed by atoms with Crippen molar-refractivity contribution in [2.24, 2.45) is 0 Å². The largest absolute Gasteiger partial charge is 0.376 e. The van der Waals surface area contributed by atoms with Crippen molar-refractivity contribution in [3.8, 4) is 0 Å². The molecule has 1 amide bonds. The minimum atomic E-state index is -0.531. The number of halogens is 2. The second-order valence-corrected chi connectivity index (χ2v) is 5.62. The highest BCUT2D eigenvalue weighted by atomic mass is 79.9. The summed E-state index contributed by atoms with van der Waals surface area (Å²) in [6, 6.07) is 4.38. The van der Waals surface area contributed by atoms with Gasteiger partial charge in [-0.2, -0.15) is 0 Å². The summed E-state index contributed by atoms with van der Waals surface area (Å²) in [6.07, 6.45) is 2.25. The number of carbonyl (C=O) groups excluding carboxylic acids is 1. The van der Waals surface area contributed by atoms with Crippen LogP contribution in [0.4, 0.5) is 4.39 Å². The molecule has 0 atom stereocenters. The topological polar surface area (TPSA) is 50.4 Å². The van der Waals surface area contributed by atoms with Crippen LogP contribution in [0.2, 0.25) is 0 Å². The molecule has 1 aliphatic heterocycles. The lowest BCUT2D eigenvalue weighted by atomic mass is 10.1. The molecule has 1 fully saturated rings. The molecule has 0 aliphatic carbocycles. The molecular weight excluding hydrogens is 327 g/mol. The van der Waals surface area contributed by atoms with Crippen molar-refractivity contribution >= 4 is 21.8 Å². The molecule has 2 N–H and O–H groups in total. The molecule has 1 saturated heterocycles. The normalized spacial score (nSPS) is 16.1. The second kappa shape index (κ2) is 7.71. The first-order valence-electron chi connectivity index (χ1n) is 6.72. The summed E-state index contributed by atoms with van der Waals surface area (Å²) in [5.74, 6) is -0.944. The molecule has 1 aliphatic rings. The molecular formula is C14H18BrFN2O2. The Labute approximate surface area is 126 Å². The van der Waals surface area contributed by atoms with Gasteiger partial charge in [0.2, 0.25) is 0 Å². The summed E-state index contributed by atoms with van der Waals surface area (Å²) in [5, 5.41) is 5.92. The molecule has 2 rings (SSSR count). The van der Waals surface area contributed by atoms with Crippen LogP contribution >= 0.6 is 15.9 Å². The van der Waals surface area contributed by atoms with Crippen LogP contribution in [0.5, 0.6) is 0 Å². The SMILES string of the molecule is O=C(NCCOC1CCNCC1)c1ccc(Br)cc1F. The van der Waals surface area contributed by atoms with E-state index in [4.69, 9.17) is 4.74 Å². The molecule has 1 aromatic carbocycles. The maximum absolute atomic E-state index is 13.6. The number of nitrogens with one attached hydrogen (secondary N) is 2. The maximum atomic E-state index is 13.6. The van der Waals surface area contributed by atoms with Crippen LogP contribution in [-0.4, -0.2) is 38.3 Å². The van der Waals surface area contributed by atoms with Crippen LogP contribution in [0, 0.1) is 5.82 Å². The fourth-order valence-electron chi connectivity index (χ4n) is 2.12. The van der Waals surface area contributed by atoms with Gasteiger partial charge < -0.3 is 15.4 Å². The molecule has 20 heavy (non-hydrogen) atoms. The summed E-state index contributed by atoms with van der Waals surface area (Å²) in [6.45, 7) is 2.79. The first-order chi connectivity index (χ1) is 9.66. The summed E-state index contributed by atoms with van der Waals surface area (Å²) in [4.78, 5) is 11.8. The summed E-state index contributed by atoms with van der Waals surface area (Å²) in [5.41, 5.74) is 0.0510. The number of benzene rings is 1. The number of hydrogen-bond donors (Lipinski definition) is 2. The minimum Gasteiger partial charge on any atom is -0.376 e. The smallest absolute Gasteiger partial charge is 0.254 e. The Hall–Kier alpha value is -0.980. The number of rotatable bonds is 5. The van der Waals surface area contributed by atoms with E-state index >= 15 is 0 Å². The number of ether oxygens (including phenoxy) is 1. The average molecular weight is 345 g/mol. The standard InChI is InChI=1S/C14H18BrFN2O2/c15-10-1-2-12(13(16)9-10)14(19)18-7-8-20-11-3-5-17-6-4-11/h1-2,9,11,17H,3-8H2,(H,18,19). The van der Waals surface area contributed by atoms with Crippen LogP contribution < -0.4 is 10.6 Å². The number of hydrogen-bond acceptors (Lipinski definition) is 3. The summed E-state index contributed by atoms with van der Waals surface area (Å²) < 4.78 is 19.8. The molecule has 0 saturated carbocycles. The zero-order valence-corrected chi connectivity index (χ0v) is 12.7. The van der Waals surface area contributed by atoms with E-state index in [-0.39, 0.29) is 11.7 Å².